The first-order valence-electron chi connectivity index (χ1n) is 7.46. The van der Waals surface area contributed by atoms with Crippen LogP contribution in [0.15, 0.2) is 40.5 Å². The Bertz CT molecular complexity index is 1150. The Kier molecular flexibility index (Phi) is 3.57. The van der Waals surface area contributed by atoms with E-state index in [-0.39, 0.29) is 22.8 Å². The number of nitrogens with zero attached hydrogens (tertiary/aromatic N) is 3. The number of halogens is 1. The Labute approximate surface area is 144 Å². The highest BCUT2D eigenvalue weighted by Crippen LogP contribution is 2.19. The predicted molar refractivity (Wildman–Crippen MR) is 91.3 cm³/mol. The lowest BCUT2D eigenvalue weighted by molar-refractivity contribution is 0.0937. The van der Waals surface area contributed by atoms with Gasteiger partial charge in [-0.25, -0.2) is 8.91 Å². The molecule has 0 aliphatic rings. The molecule has 1 amide bonds. The number of aromatic amines is 1. The number of carbonyl (C=O) groups excluding carboxylic acids is 1. The molecule has 1 atom stereocenters. The fourth-order valence-corrected chi connectivity index (χ4v) is 3.39. The third-order valence-corrected chi connectivity index (χ3v) is 4.91. The molecule has 3 heterocycles. The fraction of sp³-hybridized carbons (Fsp3) is 0.125. The summed E-state index contributed by atoms with van der Waals surface area (Å²) in [5.74, 6) is -0.979. The summed E-state index contributed by atoms with van der Waals surface area (Å²) in [7, 11) is 0. The van der Waals surface area contributed by atoms with Crippen molar-refractivity contribution in [1.82, 2.24) is 25.1 Å². The summed E-state index contributed by atoms with van der Waals surface area (Å²) >= 11 is 1.52. The number of fused-ring (bicyclic) bond motifs is 3. The summed E-state index contributed by atoms with van der Waals surface area (Å²) in [4.78, 5) is 28.4. The summed E-state index contributed by atoms with van der Waals surface area (Å²) < 4.78 is 14.6. The molecule has 4 aromatic rings. The molecule has 0 unspecified atom stereocenters. The van der Waals surface area contributed by atoms with Crippen LogP contribution in [-0.2, 0) is 0 Å². The van der Waals surface area contributed by atoms with Gasteiger partial charge in [-0.1, -0.05) is 11.3 Å². The van der Waals surface area contributed by atoms with Gasteiger partial charge < -0.3 is 10.3 Å². The molecule has 25 heavy (non-hydrogen) atoms. The summed E-state index contributed by atoms with van der Waals surface area (Å²) in [5, 5.41) is 12.5. The molecule has 0 saturated carbocycles. The van der Waals surface area contributed by atoms with Gasteiger partial charge in [0.05, 0.1) is 17.1 Å². The molecule has 7 nitrogen and oxygen atoms in total. The van der Waals surface area contributed by atoms with Gasteiger partial charge in [-0.3, -0.25) is 9.59 Å². The summed E-state index contributed by atoms with van der Waals surface area (Å²) in [6.45, 7) is 1.85. The number of amides is 1. The molecule has 0 radical (unpaired) electrons. The Morgan fingerprint density at radius 3 is 3.00 bits per heavy atom. The number of H-pyrrole nitrogens is 1. The van der Waals surface area contributed by atoms with E-state index in [0.717, 1.165) is 4.88 Å². The second-order valence-corrected chi connectivity index (χ2v) is 6.50. The number of thiophene rings is 1. The van der Waals surface area contributed by atoms with Crippen molar-refractivity contribution >= 4 is 33.8 Å². The zero-order valence-electron chi connectivity index (χ0n) is 13.0. The van der Waals surface area contributed by atoms with E-state index in [4.69, 9.17) is 0 Å². The highest BCUT2D eigenvalue weighted by atomic mass is 32.1. The highest BCUT2D eigenvalue weighted by molar-refractivity contribution is 7.10. The van der Waals surface area contributed by atoms with Crippen molar-refractivity contribution in [2.45, 2.75) is 13.0 Å². The number of hydrogen-bond acceptors (Lipinski definition) is 5. The lowest BCUT2D eigenvalue weighted by Crippen LogP contribution is -2.27. The fourth-order valence-electron chi connectivity index (χ4n) is 2.66. The molecule has 0 saturated heterocycles. The van der Waals surface area contributed by atoms with Crippen LogP contribution < -0.4 is 10.9 Å². The average Bonchev–Trinajstić information content (AvgIpc) is 3.24. The van der Waals surface area contributed by atoms with E-state index in [0.29, 0.717) is 5.52 Å². The molecule has 0 spiro atoms. The van der Waals surface area contributed by atoms with Crippen LogP contribution in [0.2, 0.25) is 0 Å². The van der Waals surface area contributed by atoms with E-state index in [1.807, 2.05) is 24.4 Å². The van der Waals surface area contributed by atoms with Gasteiger partial charge in [-0.05, 0) is 36.6 Å². The largest absolute Gasteiger partial charge is 0.343 e. The average molecular weight is 357 g/mol. The Morgan fingerprint density at radius 1 is 1.40 bits per heavy atom. The SMILES string of the molecule is C[C@H](NC(=O)c1nnn2c1c(=O)[nH]c1cc(F)ccc12)c1cccs1. The van der Waals surface area contributed by atoms with Crippen molar-refractivity contribution in [3.05, 3.63) is 62.5 Å². The van der Waals surface area contributed by atoms with Gasteiger partial charge in [0, 0.05) is 4.88 Å². The number of aromatic nitrogens is 4. The molecular weight excluding hydrogens is 345 g/mol. The highest BCUT2D eigenvalue weighted by Gasteiger charge is 2.21. The van der Waals surface area contributed by atoms with E-state index >= 15 is 0 Å². The summed E-state index contributed by atoms with van der Waals surface area (Å²) in [6.07, 6.45) is 0. The lowest BCUT2D eigenvalue weighted by atomic mass is 10.2. The van der Waals surface area contributed by atoms with Gasteiger partial charge >= 0.3 is 0 Å². The van der Waals surface area contributed by atoms with Crippen LogP contribution in [0.25, 0.3) is 16.6 Å². The number of hydrogen-bond donors (Lipinski definition) is 2. The van der Waals surface area contributed by atoms with Crippen LogP contribution in [0.5, 0.6) is 0 Å². The summed E-state index contributed by atoms with van der Waals surface area (Å²) in [6, 6.07) is 7.49. The first-order chi connectivity index (χ1) is 12.0. The van der Waals surface area contributed by atoms with E-state index in [1.54, 1.807) is 0 Å². The van der Waals surface area contributed by atoms with E-state index in [2.05, 4.69) is 20.6 Å². The number of benzene rings is 1. The van der Waals surface area contributed by atoms with E-state index < -0.39 is 17.3 Å². The molecule has 3 aromatic heterocycles. The molecule has 0 aliphatic carbocycles. The number of rotatable bonds is 3. The van der Waals surface area contributed by atoms with Crippen LogP contribution >= 0.6 is 11.3 Å². The van der Waals surface area contributed by atoms with Gasteiger partial charge in [-0.15, -0.1) is 16.4 Å². The van der Waals surface area contributed by atoms with Crippen molar-refractivity contribution in [2.24, 2.45) is 0 Å². The van der Waals surface area contributed by atoms with Crippen LogP contribution in [0, 0.1) is 5.82 Å². The molecule has 4 rings (SSSR count). The topological polar surface area (TPSA) is 92.2 Å². The molecule has 1 aromatic carbocycles. The van der Waals surface area contributed by atoms with Crippen LogP contribution in [0.1, 0.15) is 28.3 Å². The molecule has 126 valence electrons. The quantitative estimate of drug-likeness (QED) is 0.588. The Balaban J connectivity index is 1.79. The zero-order chi connectivity index (χ0) is 17.6. The zero-order valence-corrected chi connectivity index (χ0v) is 13.8. The van der Waals surface area contributed by atoms with Gasteiger partial charge in [0.1, 0.15) is 5.82 Å². The van der Waals surface area contributed by atoms with E-state index in [1.165, 1.54) is 34.1 Å². The minimum absolute atomic E-state index is 0.0231. The maximum Gasteiger partial charge on any atom is 0.277 e. The second-order valence-electron chi connectivity index (χ2n) is 5.52. The van der Waals surface area contributed by atoms with Crippen LogP contribution in [0.3, 0.4) is 0 Å². The maximum atomic E-state index is 13.3. The lowest BCUT2D eigenvalue weighted by Gasteiger charge is -2.10. The normalized spacial score (nSPS) is 12.6. The summed E-state index contributed by atoms with van der Waals surface area (Å²) in [5.41, 5.74) is 0.123. The third-order valence-electron chi connectivity index (χ3n) is 3.85. The molecule has 2 N–H and O–H groups in total. The molecular formula is C16H12FN5O2S. The molecule has 0 aliphatic heterocycles. The first kappa shape index (κ1) is 15.5. The van der Waals surface area contributed by atoms with Gasteiger partial charge in [0.2, 0.25) is 0 Å². The van der Waals surface area contributed by atoms with Crippen molar-refractivity contribution in [3.8, 4) is 0 Å². The van der Waals surface area contributed by atoms with Crippen LogP contribution in [0.4, 0.5) is 4.39 Å². The Morgan fingerprint density at radius 2 is 2.24 bits per heavy atom. The standard InChI is InChI=1S/C16H12FN5O2S/c1-8(12-3-2-6-25-12)18-15(23)13-14-16(24)19-10-7-9(17)4-5-11(10)22(14)21-20-13/h2-8H,1H3,(H,18,23)(H,19,24)/t8-/m0/s1. The minimum atomic E-state index is -0.558. The Hall–Kier alpha value is -3.07. The second kappa shape index (κ2) is 5.78. The van der Waals surface area contributed by atoms with Gasteiger partial charge in [-0.2, -0.15) is 0 Å². The predicted octanol–water partition coefficient (Wildman–Crippen LogP) is 2.26. The van der Waals surface area contributed by atoms with Gasteiger partial charge in [0.15, 0.2) is 11.2 Å². The monoisotopic (exact) mass is 357 g/mol. The number of carbonyl (C=O) groups is 1. The maximum absolute atomic E-state index is 13.3. The van der Waals surface area contributed by atoms with E-state index in [9.17, 15) is 14.0 Å². The molecule has 0 fully saturated rings. The molecule has 0 bridgehead atoms. The van der Waals surface area contributed by atoms with Crippen LogP contribution in [-0.4, -0.2) is 25.7 Å². The minimum Gasteiger partial charge on any atom is -0.343 e. The van der Waals surface area contributed by atoms with Crippen molar-refractivity contribution in [3.63, 3.8) is 0 Å². The number of nitrogens with one attached hydrogen (secondary N) is 2. The van der Waals surface area contributed by atoms with Crippen molar-refractivity contribution < 1.29 is 9.18 Å². The first-order valence-corrected chi connectivity index (χ1v) is 8.34. The van der Waals surface area contributed by atoms with Crippen molar-refractivity contribution in [2.75, 3.05) is 0 Å². The van der Waals surface area contributed by atoms with Crippen molar-refractivity contribution in [1.29, 1.82) is 0 Å². The third kappa shape index (κ3) is 2.58. The molecule has 9 heteroatoms. The van der Waals surface area contributed by atoms with Gasteiger partial charge in [0.25, 0.3) is 11.5 Å². The smallest absolute Gasteiger partial charge is 0.277 e.